The lowest BCUT2D eigenvalue weighted by molar-refractivity contribution is 0.0916. The number of aliphatic hydroxyl groups excluding tert-OH is 2. The Labute approximate surface area is 106 Å². The van der Waals surface area contributed by atoms with Crippen molar-refractivity contribution in [2.75, 3.05) is 18.9 Å². The van der Waals surface area contributed by atoms with E-state index in [1.165, 1.54) is 0 Å². The summed E-state index contributed by atoms with van der Waals surface area (Å²) in [6, 6.07) is 6.82. The molecule has 2 rings (SSSR count). The van der Waals surface area contributed by atoms with Crippen LogP contribution in [0.3, 0.4) is 0 Å². The minimum absolute atomic E-state index is 0.0917. The Balaban J connectivity index is 2.21. The molecule has 0 saturated heterocycles. The van der Waals surface area contributed by atoms with Gasteiger partial charge in [0.1, 0.15) is 0 Å². The van der Waals surface area contributed by atoms with E-state index in [0.29, 0.717) is 11.3 Å². The van der Waals surface area contributed by atoms with Crippen LogP contribution in [-0.2, 0) is 9.84 Å². The van der Waals surface area contributed by atoms with Gasteiger partial charge in [0.2, 0.25) is 0 Å². The number of aliphatic hydroxyl groups is 2. The molecule has 2 unspecified atom stereocenters. The minimum atomic E-state index is -3.17. The van der Waals surface area contributed by atoms with Gasteiger partial charge in [-0.1, -0.05) is 18.2 Å². The predicted molar refractivity (Wildman–Crippen MR) is 66.9 cm³/mol. The van der Waals surface area contributed by atoms with Crippen LogP contribution in [0.4, 0.5) is 0 Å². The highest BCUT2D eigenvalue weighted by molar-refractivity contribution is 7.91. The fourth-order valence-corrected chi connectivity index (χ4v) is 3.77. The third-order valence-electron chi connectivity index (χ3n) is 3.12. The van der Waals surface area contributed by atoms with Crippen molar-refractivity contribution in [1.82, 2.24) is 5.32 Å². The Morgan fingerprint density at radius 2 is 2.11 bits per heavy atom. The maximum absolute atomic E-state index is 11.9. The first-order valence-electron chi connectivity index (χ1n) is 5.88. The molecule has 0 spiro atoms. The number of nitrogens with one attached hydrogen (secondary N) is 1. The highest BCUT2D eigenvalue weighted by Gasteiger charge is 2.29. The van der Waals surface area contributed by atoms with E-state index in [0.717, 1.165) is 5.56 Å². The SMILES string of the molecule is O=S1(=O)CCC(NCC(O)CO)c2ccccc21. The van der Waals surface area contributed by atoms with Crippen molar-refractivity contribution in [2.45, 2.75) is 23.5 Å². The highest BCUT2D eigenvalue weighted by atomic mass is 32.2. The third kappa shape index (κ3) is 2.72. The molecule has 0 saturated carbocycles. The van der Waals surface area contributed by atoms with Crippen LogP contribution in [0.15, 0.2) is 29.2 Å². The van der Waals surface area contributed by atoms with Crippen molar-refractivity contribution in [1.29, 1.82) is 0 Å². The van der Waals surface area contributed by atoms with Gasteiger partial charge in [0.15, 0.2) is 9.84 Å². The lowest BCUT2D eigenvalue weighted by Crippen LogP contribution is -2.35. The molecule has 0 aliphatic carbocycles. The molecule has 0 fully saturated rings. The molecule has 2 atom stereocenters. The molecule has 0 aromatic heterocycles. The average Bonchev–Trinajstić information content (AvgIpc) is 2.38. The van der Waals surface area contributed by atoms with Crippen molar-refractivity contribution < 1.29 is 18.6 Å². The van der Waals surface area contributed by atoms with Gasteiger partial charge in [-0.15, -0.1) is 0 Å². The van der Waals surface area contributed by atoms with Crippen LogP contribution >= 0.6 is 0 Å². The number of hydrogen-bond acceptors (Lipinski definition) is 5. The quantitative estimate of drug-likeness (QED) is 0.709. The molecule has 100 valence electrons. The monoisotopic (exact) mass is 271 g/mol. The van der Waals surface area contributed by atoms with Gasteiger partial charge in [-0.25, -0.2) is 8.42 Å². The average molecular weight is 271 g/mol. The summed E-state index contributed by atoms with van der Waals surface area (Å²) in [4.78, 5) is 0.368. The van der Waals surface area contributed by atoms with Crippen molar-refractivity contribution in [3.05, 3.63) is 29.8 Å². The van der Waals surface area contributed by atoms with Crippen LogP contribution in [0.2, 0.25) is 0 Å². The Morgan fingerprint density at radius 3 is 2.83 bits per heavy atom. The summed E-state index contributed by atoms with van der Waals surface area (Å²) in [5.41, 5.74) is 0.744. The summed E-state index contributed by atoms with van der Waals surface area (Å²) in [7, 11) is -3.17. The predicted octanol–water partition coefficient (Wildman–Crippen LogP) is -0.152. The van der Waals surface area contributed by atoms with Crippen molar-refractivity contribution in [3.8, 4) is 0 Å². The molecular weight excluding hydrogens is 254 g/mol. The largest absolute Gasteiger partial charge is 0.394 e. The molecule has 5 nitrogen and oxygen atoms in total. The van der Waals surface area contributed by atoms with E-state index in [1.807, 2.05) is 0 Å². The van der Waals surface area contributed by atoms with Crippen LogP contribution in [0.1, 0.15) is 18.0 Å². The summed E-state index contributed by atoms with van der Waals surface area (Å²) in [5, 5.41) is 21.2. The van der Waals surface area contributed by atoms with Gasteiger partial charge < -0.3 is 15.5 Å². The number of sulfone groups is 1. The van der Waals surface area contributed by atoms with Crippen molar-refractivity contribution >= 4 is 9.84 Å². The summed E-state index contributed by atoms with van der Waals surface area (Å²) >= 11 is 0. The standard InChI is InChI=1S/C12H17NO4S/c14-8-9(15)7-13-11-5-6-18(16,17)12-4-2-1-3-10(11)12/h1-4,9,11,13-15H,5-8H2. The smallest absolute Gasteiger partial charge is 0.178 e. The molecule has 18 heavy (non-hydrogen) atoms. The van der Waals surface area contributed by atoms with E-state index in [4.69, 9.17) is 5.11 Å². The van der Waals surface area contributed by atoms with Gasteiger partial charge >= 0.3 is 0 Å². The summed E-state index contributed by atoms with van der Waals surface area (Å²) in [6.07, 6.45) is -0.340. The van der Waals surface area contributed by atoms with Crippen LogP contribution in [0.25, 0.3) is 0 Å². The fourth-order valence-electron chi connectivity index (χ4n) is 2.14. The molecule has 0 radical (unpaired) electrons. The summed E-state index contributed by atoms with van der Waals surface area (Å²) in [6.45, 7) is -0.0603. The minimum Gasteiger partial charge on any atom is -0.394 e. The van der Waals surface area contributed by atoms with Crippen LogP contribution in [0.5, 0.6) is 0 Å². The normalized spacial score (nSPS) is 23.3. The number of hydrogen-bond donors (Lipinski definition) is 3. The van der Waals surface area contributed by atoms with E-state index < -0.39 is 15.9 Å². The Kier molecular flexibility index (Phi) is 4.01. The van der Waals surface area contributed by atoms with Gasteiger partial charge in [0, 0.05) is 12.6 Å². The molecule has 0 amide bonds. The van der Waals surface area contributed by atoms with E-state index in [9.17, 15) is 13.5 Å². The van der Waals surface area contributed by atoms with E-state index in [-0.39, 0.29) is 24.9 Å². The number of rotatable bonds is 4. The first-order valence-corrected chi connectivity index (χ1v) is 7.54. The fraction of sp³-hybridized carbons (Fsp3) is 0.500. The van der Waals surface area contributed by atoms with E-state index in [1.54, 1.807) is 24.3 Å². The molecule has 1 aliphatic heterocycles. The molecule has 6 heteroatoms. The Morgan fingerprint density at radius 1 is 1.39 bits per heavy atom. The number of fused-ring (bicyclic) bond motifs is 1. The summed E-state index contributed by atoms with van der Waals surface area (Å²) in [5.74, 6) is 0.108. The first-order chi connectivity index (χ1) is 8.54. The molecule has 1 aromatic rings. The van der Waals surface area contributed by atoms with E-state index in [2.05, 4.69) is 5.32 Å². The molecule has 3 N–H and O–H groups in total. The van der Waals surface area contributed by atoms with Gasteiger partial charge in [0.05, 0.1) is 23.4 Å². The van der Waals surface area contributed by atoms with Gasteiger partial charge in [-0.05, 0) is 18.1 Å². The van der Waals surface area contributed by atoms with Crippen LogP contribution in [0, 0.1) is 0 Å². The lowest BCUT2D eigenvalue weighted by Gasteiger charge is -2.27. The lowest BCUT2D eigenvalue weighted by atomic mass is 10.0. The number of benzene rings is 1. The zero-order valence-electron chi connectivity index (χ0n) is 9.91. The maximum atomic E-state index is 11.9. The topological polar surface area (TPSA) is 86.6 Å². The van der Waals surface area contributed by atoms with E-state index >= 15 is 0 Å². The van der Waals surface area contributed by atoms with Gasteiger partial charge in [0.25, 0.3) is 0 Å². The second kappa shape index (κ2) is 5.36. The first kappa shape index (κ1) is 13.5. The summed E-state index contributed by atoms with van der Waals surface area (Å²) < 4.78 is 23.8. The molecule has 1 aromatic carbocycles. The molecular formula is C12H17NO4S. The third-order valence-corrected chi connectivity index (χ3v) is 4.93. The Hall–Kier alpha value is -0.950. The second-order valence-electron chi connectivity index (χ2n) is 4.44. The van der Waals surface area contributed by atoms with Crippen molar-refractivity contribution in [2.24, 2.45) is 0 Å². The van der Waals surface area contributed by atoms with Gasteiger partial charge in [-0.2, -0.15) is 0 Å². The van der Waals surface area contributed by atoms with Gasteiger partial charge in [-0.3, -0.25) is 0 Å². The van der Waals surface area contributed by atoms with Crippen LogP contribution < -0.4 is 5.32 Å². The molecule has 0 bridgehead atoms. The Bertz CT molecular complexity index is 515. The maximum Gasteiger partial charge on any atom is 0.178 e. The second-order valence-corrected chi connectivity index (χ2v) is 6.52. The van der Waals surface area contributed by atoms with Crippen molar-refractivity contribution in [3.63, 3.8) is 0 Å². The highest BCUT2D eigenvalue weighted by Crippen LogP contribution is 2.31. The zero-order chi connectivity index (χ0) is 13.2. The zero-order valence-corrected chi connectivity index (χ0v) is 10.7. The molecule has 1 heterocycles. The molecule has 1 aliphatic rings. The van der Waals surface area contributed by atoms with Crippen LogP contribution in [-0.4, -0.2) is 43.6 Å².